The molecule has 0 saturated carbocycles. The summed E-state index contributed by atoms with van der Waals surface area (Å²) < 4.78 is 29.4. The van der Waals surface area contributed by atoms with Crippen LogP contribution in [0.25, 0.3) is 11.1 Å². The standard InChI is InChI=1S/C10H13N3O3S/c1-6(2)10-12-8-5-7(13-17(11,14)15)3-4-9(8)16-10/h3-6,13H,1-2H3,(H2,11,14,15). The van der Waals surface area contributed by atoms with Crippen LogP contribution >= 0.6 is 0 Å². The van der Waals surface area contributed by atoms with E-state index in [9.17, 15) is 8.42 Å². The Labute approximate surface area is 99.0 Å². The predicted octanol–water partition coefficient (Wildman–Crippen LogP) is 1.57. The number of anilines is 1. The number of aromatic nitrogens is 1. The lowest BCUT2D eigenvalue weighted by Gasteiger charge is -2.01. The SMILES string of the molecule is CC(C)c1nc2cc(NS(N)(=O)=O)ccc2o1. The molecule has 92 valence electrons. The van der Waals surface area contributed by atoms with E-state index in [0.29, 0.717) is 22.7 Å². The summed E-state index contributed by atoms with van der Waals surface area (Å²) >= 11 is 0. The Balaban J connectivity index is 2.43. The summed E-state index contributed by atoms with van der Waals surface area (Å²) in [5.74, 6) is 0.796. The summed E-state index contributed by atoms with van der Waals surface area (Å²) in [5.41, 5.74) is 1.58. The number of benzene rings is 1. The van der Waals surface area contributed by atoms with Crippen molar-refractivity contribution in [2.24, 2.45) is 5.14 Å². The highest BCUT2D eigenvalue weighted by Gasteiger charge is 2.10. The lowest BCUT2D eigenvalue weighted by Crippen LogP contribution is -2.21. The summed E-state index contributed by atoms with van der Waals surface area (Å²) in [5, 5.41) is 4.88. The van der Waals surface area contributed by atoms with Gasteiger partial charge in [-0.1, -0.05) is 13.8 Å². The molecule has 0 bridgehead atoms. The van der Waals surface area contributed by atoms with Gasteiger partial charge in [0.1, 0.15) is 5.52 Å². The van der Waals surface area contributed by atoms with Gasteiger partial charge in [-0.2, -0.15) is 8.42 Å². The molecule has 0 radical (unpaired) electrons. The number of rotatable bonds is 3. The highest BCUT2D eigenvalue weighted by molar-refractivity contribution is 7.90. The van der Waals surface area contributed by atoms with E-state index in [2.05, 4.69) is 9.71 Å². The van der Waals surface area contributed by atoms with Crippen LogP contribution in [0.1, 0.15) is 25.7 Å². The molecule has 6 nitrogen and oxygen atoms in total. The molecule has 1 aromatic heterocycles. The van der Waals surface area contributed by atoms with Crippen LogP contribution in [-0.4, -0.2) is 13.4 Å². The third-order valence-electron chi connectivity index (χ3n) is 2.16. The Morgan fingerprint density at radius 2 is 2.12 bits per heavy atom. The molecule has 1 heterocycles. The van der Waals surface area contributed by atoms with Gasteiger partial charge in [0.15, 0.2) is 11.5 Å². The fourth-order valence-corrected chi connectivity index (χ4v) is 1.88. The van der Waals surface area contributed by atoms with E-state index in [1.165, 1.54) is 0 Å². The van der Waals surface area contributed by atoms with Crippen molar-refractivity contribution >= 4 is 27.0 Å². The van der Waals surface area contributed by atoms with Crippen LogP contribution in [0.3, 0.4) is 0 Å². The minimum absolute atomic E-state index is 0.178. The molecule has 17 heavy (non-hydrogen) atoms. The van der Waals surface area contributed by atoms with E-state index in [-0.39, 0.29) is 5.92 Å². The average Bonchev–Trinajstić information content (AvgIpc) is 2.57. The van der Waals surface area contributed by atoms with Gasteiger partial charge < -0.3 is 4.42 Å². The molecule has 0 unspecified atom stereocenters. The minimum Gasteiger partial charge on any atom is -0.440 e. The van der Waals surface area contributed by atoms with E-state index >= 15 is 0 Å². The minimum atomic E-state index is -3.76. The highest BCUT2D eigenvalue weighted by atomic mass is 32.2. The van der Waals surface area contributed by atoms with Crippen molar-refractivity contribution in [3.63, 3.8) is 0 Å². The van der Waals surface area contributed by atoms with Crippen LogP contribution in [0.15, 0.2) is 22.6 Å². The van der Waals surface area contributed by atoms with Gasteiger partial charge in [-0.15, -0.1) is 0 Å². The number of nitrogens with one attached hydrogen (secondary N) is 1. The van der Waals surface area contributed by atoms with Gasteiger partial charge in [0, 0.05) is 5.92 Å². The van der Waals surface area contributed by atoms with Crippen LogP contribution in [0.5, 0.6) is 0 Å². The van der Waals surface area contributed by atoms with Gasteiger partial charge in [-0.3, -0.25) is 4.72 Å². The van der Waals surface area contributed by atoms with Gasteiger partial charge in [-0.05, 0) is 18.2 Å². The molecule has 0 fully saturated rings. The number of hydrogen-bond acceptors (Lipinski definition) is 4. The molecule has 0 aliphatic rings. The predicted molar refractivity (Wildman–Crippen MR) is 64.8 cm³/mol. The second-order valence-electron chi connectivity index (χ2n) is 4.04. The molecular formula is C10H13N3O3S. The maximum atomic E-state index is 10.9. The molecule has 0 aliphatic heterocycles. The van der Waals surface area contributed by atoms with E-state index < -0.39 is 10.2 Å². The maximum Gasteiger partial charge on any atom is 0.296 e. The molecule has 0 saturated heterocycles. The zero-order valence-electron chi connectivity index (χ0n) is 9.47. The van der Waals surface area contributed by atoms with Crippen LogP contribution in [-0.2, 0) is 10.2 Å². The normalized spacial score (nSPS) is 12.2. The fraction of sp³-hybridized carbons (Fsp3) is 0.300. The summed E-state index contributed by atoms with van der Waals surface area (Å²) in [4.78, 5) is 4.26. The fourth-order valence-electron chi connectivity index (χ4n) is 1.42. The molecule has 7 heteroatoms. The number of nitrogens with zero attached hydrogens (tertiary/aromatic N) is 1. The van der Waals surface area contributed by atoms with Crippen LogP contribution in [0, 0.1) is 0 Å². The molecule has 0 atom stereocenters. The topological polar surface area (TPSA) is 98.2 Å². The molecule has 0 amide bonds. The molecule has 2 aromatic rings. The second kappa shape index (κ2) is 4.01. The van der Waals surface area contributed by atoms with Gasteiger partial charge in [0.05, 0.1) is 5.69 Å². The Morgan fingerprint density at radius 3 is 2.71 bits per heavy atom. The molecule has 3 N–H and O–H groups in total. The van der Waals surface area contributed by atoms with Gasteiger partial charge in [0.2, 0.25) is 0 Å². The quantitative estimate of drug-likeness (QED) is 0.869. The van der Waals surface area contributed by atoms with Crippen molar-refractivity contribution in [3.05, 3.63) is 24.1 Å². The summed E-state index contributed by atoms with van der Waals surface area (Å²) in [7, 11) is -3.76. The molecule has 0 aliphatic carbocycles. The van der Waals surface area contributed by atoms with Crippen molar-refractivity contribution in [2.75, 3.05) is 4.72 Å². The third kappa shape index (κ3) is 2.75. The van der Waals surface area contributed by atoms with Gasteiger partial charge in [0.25, 0.3) is 10.2 Å². The first-order valence-corrected chi connectivity index (χ1v) is 6.61. The zero-order chi connectivity index (χ0) is 12.6. The lowest BCUT2D eigenvalue weighted by atomic mass is 10.2. The Morgan fingerprint density at radius 1 is 1.41 bits per heavy atom. The van der Waals surface area contributed by atoms with Crippen molar-refractivity contribution in [2.45, 2.75) is 19.8 Å². The number of oxazole rings is 1. The first-order valence-electron chi connectivity index (χ1n) is 5.06. The van der Waals surface area contributed by atoms with Gasteiger partial charge >= 0.3 is 0 Å². The Hall–Kier alpha value is -1.60. The number of nitrogens with two attached hydrogens (primary N) is 1. The Kier molecular flexibility index (Phi) is 2.80. The summed E-state index contributed by atoms with van der Waals surface area (Å²) in [6, 6.07) is 4.80. The Bertz CT molecular complexity index is 646. The smallest absolute Gasteiger partial charge is 0.296 e. The second-order valence-corrected chi connectivity index (χ2v) is 5.33. The van der Waals surface area contributed by atoms with Crippen LogP contribution in [0.4, 0.5) is 5.69 Å². The molecule has 0 spiro atoms. The van der Waals surface area contributed by atoms with Crippen molar-refractivity contribution in [1.82, 2.24) is 4.98 Å². The molecule has 2 rings (SSSR count). The van der Waals surface area contributed by atoms with Crippen molar-refractivity contribution < 1.29 is 12.8 Å². The maximum absolute atomic E-state index is 10.9. The van der Waals surface area contributed by atoms with E-state index in [4.69, 9.17) is 9.56 Å². The van der Waals surface area contributed by atoms with Gasteiger partial charge in [-0.25, -0.2) is 10.1 Å². The monoisotopic (exact) mass is 255 g/mol. The lowest BCUT2D eigenvalue weighted by molar-refractivity contribution is 0.501. The van der Waals surface area contributed by atoms with Crippen molar-refractivity contribution in [1.29, 1.82) is 0 Å². The van der Waals surface area contributed by atoms with Crippen LogP contribution in [0.2, 0.25) is 0 Å². The summed E-state index contributed by atoms with van der Waals surface area (Å²) in [6.07, 6.45) is 0. The van der Waals surface area contributed by atoms with E-state index in [1.54, 1.807) is 18.2 Å². The number of fused-ring (bicyclic) bond motifs is 1. The number of hydrogen-bond donors (Lipinski definition) is 2. The van der Waals surface area contributed by atoms with Crippen molar-refractivity contribution in [3.8, 4) is 0 Å². The van der Waals surface area contributed by atoms with E-state index in [1.807, 2.05) is 13.8 Å². The van der Waals surface area contributed by atoms with E-state index in [0.717, 1.165) is 0 Å². The first kappa shape index (κ1) is 11.9. The molecule has 1 aromatic carbocycles. The first-order chi connectivity index (χ1) is 7.85. The molecular weight excluding hydrogens is 242 g/mol. The zero-order valence-corrected chi connectivity index (χ0v) is 10.3. The summed E-state index contributed by atoms with van der Waals surface area (Å²) in [6.45, 7) is 3.93. The van der Waals surface area contributed by atoms with Crippen LogP contribution < -0.4 is 9.86 Å². The largest absolute Gasteiger partial charge is 0.440 e. The average molecular weight is 255 g/mol. The highest BCUT2D eigenvalue weighted by Crippen LogP contribution is 2.23. The third-order valence-corrected chi connectivity index (χ3v) is 2.68.